The zero-order valence-electron chi connectivity index (χ0n) is 12.2. The third-order valence-corrected chi connectivity index (χ3v) is 5.96. The summed E-state index contributed by atoms with van der Waals surface area (Å²) in [6.45, 7) is 6.02. The molecule has 1 atom stereocenters. The minimum absolute atomic E-state index is 0.0668. The monoisotopic (exact) mass is 326 g/mol. The van der Waals surface area contributed by atoms with Crippen LogP contribution < -0.4 is 0 Å². The van der Waals surface area contributed by atoms with Crippen LogP contribution in [0.25, 0.3) is 0 Å². The van der Waals surface area contributed by atoms with Crippen LogP contribution in [-0.2, 0) is 14.8 Å². The Bertz CT molecular complexity index is 666. The number of amides is 1. The van der Waals surface area contributed by atoms with E-state index in [1.807, 2.05) is 20.8 Å². The molecular formula is C14H18N2O3S2. The highest BCUT2D eigenvalue weighted by Crippen LogP contribution is 2.30. The van der Waals surface area contributed by atoms with E-state index in [9.17, 15) is 13.2 Å². The van der Waals surface area contributed by atoms with E-state index in [-0.39, 0.29) is 21.2 Å². The largest absolute Gasteiger partial charge is 0.290 e. The van der Waals surface area contributed by atoms with E-state index in [1.54, 1.807) is 12.1 Å². The van der Waals surface area contributed by atoms with E-state index in [4.69, 9.17) is 0 Å². The SMILES string of the molecule is CCC1S/C(=N/S(=O)(=O)c2ccc(C)cc2)N(CC)C1=O. The molecule has 0 N–H and O–H groups in total. The van der Waals surface area contributed by atoms with Crippen molar-refractivity contribution < 1.29 is 13.2 Å². The summed E-state index contributed by atoms with van der Waals surface area (Å²) in [5.41, 5.74) is 0.980. The van der Waals surface area contributed by atoms with Gasteiger partial charge >= 0.3 is 0 Å². The molecule has 7 heteroatoms. The van der Waals surface area contributed by atoms with Crippen molar-refractivity contribution >= 4 is 32.9 Å². The van der Waals surface area contributed by atoms with Gasteiger partial charge in [0.15, 0.2) is 5.17 Å². The molecular weight excluding hydrogens is 308 g/mol. The number of thioether (sulfide) groups is 1. The van der Waals surface area contributed by atoms with Crippen molar-refractivity contribution in [2.24, 2.45) is 4.40 Å². The highest BCUT2D eigenvalue weighted by molar-refractivity contribution is 8.16. The Hall–Kier alpha value is -1.34. The van der Waals surface area contributed by atoms with Gasteiger partial charge in [-0.1, -0.05) is 36.4 Å². The molecule has 0 bridgehead atoms. The van der Waals surface area contributed by atoms with E-state index < -0.39 is 10.0 Å². The van der Waals surface area contributed by atoms with Gasteiger partial charge in [-0.25, -0.2) is 0 Å². The normalized spacial score (nSPS) is 21.3. The lowest BCUT2D eigenvalue weighted by Gasteiger charge is -2.12. The first-order valence-electron chi connectivity index (χ1n) is 6.78. The number of rotatable bonds is 4. The van der Waals surface area contributed by atoms with Crippen LogP contribution in [0.1, 0.15) is 25.8 Å². The lowest BCUT2D eigenvalue weighted by atomic mass is 10.2. The average molecular weight is 326 g/mol. The molecule has 0 aliphatic carbocycles. The molecule has 1 unspecified atom stereocenters. The maximum atomic E-state index is 12.3. The number of carbonyl (C=O) groups is 1. The molecule has 114 valence electrons. The summed E-state index contributed by atoms with van der Waals surface area (Å²) < 4.78 is 28.5. The number of benzene rings is 1. The number of amidine groups is 1. The van der Waals surface area contributed by atoms with Crippen molar-refractivity contribution in [3.63, 3.8) is 0 Å². The maximum absolute atomic E-state index is 12.3. The zero-order chi connectivity index (χ0) is 15.6. The lowest BCUT2D eigenvalue weighted by Crippen LogP contribution is -2.32. The summed E-state index contributed by atoms with van der Waals surface area (Å²) in [6, 6.07) is 6.52. The predicted molar refractivity (Wildman–Crippen MR) is 84.9 cm³/mol. The summed E-state index contributed by atoms with van der Waals surface area (Å²) in [5.74, 6) is -0.0668. The predicted octanol–water partition coefficient (Wildman–Crippen LogP) is 2.41. The first-order chi connectivity index (χ1) is 9.89. The summed E-state index contributed by atoms with van der Waals surface area (Å²) in [4.78, 5) is 13.7. The Morgan fingerprint density at radius 3 is 2.38 bits per heavy atom. The highest BCUT2D eigenvalue weighted by atomic mass is 32.2. The summed E-state index contributed by atoms with van der Waals surface area (Å²) >= 11 is 1.22. The fraction of sp³-hybridized carbons (Fsp3) is 0.429. The molecule has 1 aromatic rings. The number of sulfonamides is 1. The fourth-order valence-corrected chi connectivity index (χ4v) is 4.35. The van der Waals surface area contributed by atoms with Crippen LogP contribution in [0.3, 0.4) is 0 Å². The van der Waals surface area contributed by atoms with Crippen LogP contribution in [0.5, 0.6) is 0 Å². The van der Waals surface area contributed by atoms with Gasteiger partial charge in [-0.2, -0.15) is 8.42 Å². The molecule has 1 saturated heterocycles. The summed E-state index contributed by atoms with van der Waals surface area (Å²) in [5, 5.41) is 0.0341. The Morgan fingerprint density at radius 1 is 1.24 bits per heavy atom. The number of hydrogen-bond donors (Lipinski definition) is 0. The van der Waals surface area contributed by atoms with Crippen LogP contribution in [0.15, 0.2) is 33.6 Å². The minimum Gasteiger partial charge on any atom is -0.290 e. The standard InChI is InChI=1S/C14H18N2O3S2/c1-4-12-13(17)16(5-2)14(20-12)15-21(18,19)11-8-6-10(3)7-9-11/h6-9,12H,4-5H2,1-3H3/b15-14+. The molecule has 1 aliphatic heterocycles. The van der Waals surface area contributed by atoms with Gasteiger partial charge in [0.05, 0.1) is 10.1 Å². The Balaban J connectivity index is 2.37. The third kappa shape index (κ3) is 3.29. The quantitative estimate of drug-likeness (QED) is 0.852. The van der Waals surface area contributed by atoms with Gasteiger partial charge in [0.1, 0.15) is 0 Å². The molecule has 1 aromatic carbocycles. The number of carbonyl (C=O) groups excluding carboxylic acids is 1. The van der Waals surface area contributed by atoms with E-state index in [0.717, 1.165) is 5.56 Å². The third-order valence-electron chi connectivity index (χ3n) is 3.22. The van der Waals surface area contributed by atoms with Gasteiger partial charge in [0.2, 0.25) is 5.91 Å². The minimum atomic E-state index is -3.79. The van der Waals surface area contributed by atoms with E-state index >= 15 is 0 Å². The summed E-state index contributed by atoms with van der Waals surface area (Å²) in [7, 11) is -3.79. The van der Waals surface area contributed by atoms with Crippen LogP contribution in [0.4, 0.5) is 0 Å². The molecule has 21 heavy (non-hydrogen) atoms. The second-order valence-corrected chi connectivity index (χ2v) is 7.53. The fourth-order valence-electron chi connectivity index (χ4n) is 1.99. The van der Waals surface area contributed by atoms with E-state index in [0.29, 0.717) is 13.0 Å². The smallest absolute Gasteiger partial charge is 0.284 e. The highest BCUT2D eigenvalue weighted by Gasteiger charge is 2.37. The molecule has 0 saturated carbocycles. The number of nitrogens with zero attached hydrogens (tertiary/aromatic N) is 2. The van der Waals surface area contributed by atoms with Gasteiger partial charge in [-0.3, -0.25) is 9.69 Å². The number of aryl methyl sites for hydroxylation is 1. The first-order valence-corrected chi connectivity index (χ1v) is 9.10. The van der Waals surface area contributed by atoms with E-state index in [1.165, 1.54) is 28.8 Å². The first kappa shape index (κ1) is 16.0. The van der Waals surface area contributed by atoms with Crippen molar-refractivity contribution in [1.82, 2.24) is 4.90 Å². The molecule has 0 aromatic heterocycles. The lowest BCUT2D eigenvalue weighted by molar-refractivity contribution is -0.126. The second-order valence-electron chi connectivity index (χ2n) is 4.76. The Labute approximate surface area is 129 Å². The van der Waals surface area contributed by atoms with Crippen LogP contribution in [-0.4, -0.2) is 36.2 Å². The maximum Gasteiger partial charge on any atom is 0.284 e. The van der Waals surface area contributed by atoms with Gasteiger partial charge in [0.25, 0.3) is 10.0 Å². The van der Waals surface area contributed by atoms with Gasteiger partial charge in [0, 0.05) is 6.54 Å². The molecule has 2 rings (SSSR count). The molecule has 1 amide bonds. The van der Waals surface area contributed by atoms with Crippen molar-refractivity contribution in [3.8, 4) is 0 Å². The van der Waals surface area contributed by atoms with Gasteiger partial charge < -0.3 is 0 Å². The summed E-state index contributed by atoms with van der Waals surface area (Å²) in [6.07, 6.45) is 0.656. The Kier molecular flexibility index (Phi) is 4.73. The number of hydrogen-bond acceptors (Lipinski definition) is 4. The van der Waals surface area contributed by atoms with Gasteiger partial charge in [-0.15, -0.1) is 4.40 Å². The van der Waals surface area contributed by atoms with Crippen molar-refractivity contribution in [1.29, 1.82) is 0 Å². The topological polar surface area (TPSA) is 66.8 Å². The zero-order valence-corrected chi connectivity index (χ0v) is 13.9. The van der Waals surface area contributed by atoms with Gasteiger partial charge in [-0.05, 0) is 32.4 Å². The Morgan fingerprint density at radius 2 is 1.86 bits per heavy atom. The van der Waals surface area contributed by atoms with Crippen molar-refractivity contribution in [3.05, 3.63) is 29.8 Å². The molecule has 0 radical (unpaired) electrons. The second kappa shape index (κ2) is 6.19. The van der Waals surface area contributed by atoms with Crippen LogP contribution in [0.2, 0.25) is 0 Å². The van der Waals surface area contributed by atoms with Crippen LogP contribution >= 0.6 is 11.8 Å². The molecule has 1 heterocycles. The molecule has 5 nitrogen and oxygen atoms in total. The van der Waals surface area contributed by atoms with E-state index in [2.05, 4.69) is 4.40 Å². The molecule has 1 fully saturated rings. The molecule has 1 aliphatic rings. The van der Waals surface area contributed by atoms with Crippen molar-refractivity contribution in [2.75, 3.05) is 6.54 Å². The van der Waals surface area contributed by atoms with Crippen LogP contribution in [0, 0.1) is 6.92 Å². The average Bonchev–Trinajstić information content (AvgIpc) is 2.74. The molecule has 0 spiro atoms. The van der Waals surface area contributed by atoms with Crippen molar-refractivity contribution in [2.45, 2.75) is 37.3 Å².